The van der Waals surface area contributed by atoms with Gasteiger partial charge < -0.3 is 0 Å². The quantitative estimate of drug-likeness (QED) is 0.843. The molecule has 3 nitrogen and oxygen atoms in total. The Kier molecular flexibility index (Phi) is 3.43. The molecule has 2 aromatic rings. The van der Waals surface area contributed by atoms with Crippen molar-refractivity contribution in [3.8, 4) is 0 Å². The molecule has 0 saturated heterocycles. The molecule has 0 spiro atoms. The van der Waals surface area contributed by atoms with Crippen LogP contribution in [-0.2, 0) is 6.54 Å². The Labute approximate surface area is 106 Å². The van der Waals surface area contributed by atoms with Crippen LogP contribution in [0.1, 0.15) is 36.7 Å². The van der Waals surface area contributed by atoms with Crippen molar-refractivity contribution in [2.45, 2.75) is 33.2 Å². The van der Waals surface area contributed by atoms with Gasteiger partial charge in [-0.05, 0) is 36.2 Å². The van der Waals surface area contributed by atoms with Gasteiger partial charge in [-0.1, -0.05) is 38.1 Å². The zero-order valence-corrected chi connectivity index (χ0v) is 11.2. The fraction of sp³-hybridized carbons (Fsp3) is 0.385. The van der Waals surface area contributed by atoms with E-state index in [4.69, 9.17) is 12.2 Å². The lowest BCUT2D eigenvalue weighted by molar-refractivity contribution is 0.750. The summed E-state index contributed by atoms with van der Waals surface area (Å²) in [5, 5.41) is 6.91. The Balaban J connectivity index is 2.22. The number of nitrogens with one attached hydrogen (secondary N) is 1. The molecule has 0 amide bonds. The van der Waals surface area contributed by atoms with E-state index in [1.54, 1.807) is 0 Å². The molecule has 0 aliphatic carbocycles. The van der Waals surface area contributed by atoms with Gasteiger partial charge in [-0.25, -0.2) is 0 Å². The first-order chi connectivity index (χ1) is 8.08. The van der Waals surface area contributed by atoms with Crippen LogP contribution < -0.4 is 0 Å². The first-order valence-electron chi connectivity index (χ1n) is 5.78. The van der Waals surface area contributed by atoms with E-state index in [1.165, 1.54) is 11.1 Å². The molecule has 1 aromatic heterocycles. The van der Waals surface area contributed by atoms with Gasteiger partial charge >= 0.3 is 0 Å². The van der Waals surface area contributed by atoms with Gasteiger partial charge in [0.05, 0.1) is 6.54 Å². The lowest BCUT2D eigenvalue weighted by atomic mass is 10.0. The number of rotatable bonds is 3. The molecule has 0 aliphatic heterocycles. The summed E-state index contributed by atoms with van der Waals surface area (Å²) in [4.78, 5) is 0. The van der Waals surface area contributed by atoms with Crippen molar-refractivity contribution in [1.29, 1.82) is 0 Å². The van der Waals surface area contributed by atoms with Gasteiger partial charge in [0.2, 0.25) is 0 Å². The second-order valence-electron chi connectivity index (χ2n) is 4.56. The molecule has 1 heterocycles. The summed E-state index contributed by atoms with van der Waals surface area (Å²) in [6.07, 6.45) is 0. The summed E-state index contributed by atoms with van der Waals surface area (Å²) in [5.74, 6) is 1.49. The van der Waals surface area contributed by atoms with E-state index in [2.05, 4.69) is 48.3 Å². The van der Waals surface area contributed by atoms with Crippen molar-refractivity contribution in [2.75, 3.05) is 0 Å². The lowest BCUT2D eigenvalue weighted by Crippen LogP contribution is -2.02. The van der Waals surface area contributed by atoms with Crippen molar-refractivity contribution in [3.05, 3.63) is 46.0 Å². The first kappa shape index (κ1) is 12.0. The second kappa shape index (κ2) is 4.84. The summed E-state index contributed by atoms with van der Waals surface area (Å²) >= 11 is 5.18. The maximum Gasteiger partial charge on any atom is 0.195 e. The molecule has 1 aromatic carbocycles. The maximum absolute atomic E-state index is 5.18. The SMILES string of the molecule is Cc1n[nH]c(=S)n1Cc1ccc(C(C)C)cc1. The Morgan fingerprint density at radius 3 is 2.41 bits per heavy atom. The standard InChI is InChI=1S/C13H17N3S/c1-9(2)12-6-4-11(5-7-12)8-16-10(3)14-15-13(16)17/h4-7,9H,8H2,1-3H3,(H,15,17). The molecule has 0 bridgehead atoms. The molecule has 0 saturated carbocycles. The molecule has 0 atom stereocenters. The molecule has 0 aliphatic rings. The number of benzene rings is 1. The van der Waals surface area contributed by atoms with Crippen LogP contribution in [0, 0.1) is 11.7 Å². The predicted octanol–water partition coefficient (Wildman–Crippen LogP) is 3.42. The molecule has 0 fully saturated rings. The largest absolute Gasteiger partial charge is 0.300 e. The molecule has 0 unspecified atom stereocenters. The fourth-order valence-electron chi connectivity index (χ4n) is 1.77. The van der Waals surface area contributed by atoms with E-state index in [9.17, 15) is 0 Å². The van der Waals surface area contributed by atoms with Crippen molar-refractivity contribution >= 4 is 12.2 Å². The smallest absolute Gasteiger partial charge is 0.195 e. The summed E-state index contributed by atoms with van der Waals surface area (Å²) in [6.45, 7) is 7.13. The number of hydrogen-bond donors (Lipinski definition) is 1. The fourth-order valence-corrected chi connectivity index (χ4v) is 2.02. The van der Waals surface area contributed by atoms with E-state index >= 15 is 0 Å². The highest BCUT2D eigenvalue weighted by Gasteiger charge is 2.03. The zero-order valence-electron chi connectivity index (χ0n) is 10.4. The van der Waals surface area contributed by atoms with Crippen molar-refractivity contribution < 1.29 is 0 Å². The van der Waals surface area contributed by atoms with E-state index in [1.807, 2.05) is 11.5 Å². The Bertz CT molecular complexity index is 549. The highest BCUT2D eigenvalue weighted by molar-refractivity contribution is 7.71. The van der Waals surface area contributed by atoms with Crippen LogP contribution in [0.15, 0.2) is 24.3 Å². The van der Waals surface area contributed by atoms with E-state index in [0.29, 0.717) is 10.7 Å². The van der Waals surface area contributed by atoms with Gasteiger partial charge in [0.25, 0.3) is 0 Å². The molecular weight excluding hydrogens is 230 g/mol. The maximum atomic E-state index is 5.18. The van der Waals surface area contributed by atoms with Crippen molar-refractivity contribution in [1.82, 2.24) is 14.8 Å². The average molecular weight is 247 g/mol. The number of hydrogen-bond acceptors (Lipinski definition) is 2. The summed E-state index contributed by atoms with van der Waals surface area (Å²) in [5.41, 5.74) is 2.61. The third-order valence-corrected chi connectivity index (χ3v) is 3.25. The molecule has 90 valence electrons. The molecule has 0 radical (unpaired) electrons. The van der Waals surface area contributed by atoms with E-state index in [0.717, 1.165) is 12.4 Å². The number of aromatic nitrogens is 3. The van der Waals surface area contributed by atoms with Crippen LogP contribution in [-0.4, -0.2) is 14.8 Å². The topological polar surface area (TPSA) is 33.6 Å². The number of H-pyrrole nitrogens is 1. The number of nitrogens with zero attached hydrogens (tertiary/aromatic N) is 2. The summed E-state index contributed by atoms with van der Waals surface area (Å²) in [6, 6.07) is 8.67. The van der Waals surface area contributed by atoms with Crippen LogP contribution in [0.3, 0.4) is 0 Å². The molecule has 2 rings (SSSR count). The van der Waals surface area contributed by atoms with Gasteiger partial charge in [-0.15, -0.1) is 0 Å². The van der Waals surface area contributed by atoms with Gasteiger partial charge in [-0.2, -0.15) is 5.10 Å². The van der Waals surface area contributed by atoms with Crippen molar-refractivity contribution in [3.63, 3.8) is 0 Å². The highest BCUT2D eigenvalue weighted by atomic mass is 32.1. The minimum absolute atomic E-state index is 0.571. The number of aromatic amines is 1. The molecular formula is C13H17N3S. The van der Waals surface area contributed by atoms with Gasteiger partial charge in [0.15, 0.2) is 4.77 Å². The number of aryl methyl sites for hydroxylation is 1. The Morgan fingerprint density at radius 2 is 1.94 bits per heavy atom. The molecule has 17 heavy (non-hydrogen) atoms. The summed E-state index contributed by atoms with van der Waals surface area (Å²) in [7, 11) is 0. The third-order valence-electron chi connectivity index (χ3n) is 2.94. The highest BCUT2D eigenvalue weighted by Crippen LogP contribution is 2.15. The van der Waals surface area contributed by atoms with Crippen LogP contribution in [0.2, 0.25) is 0 Å². The monoisotopic (exact) mass is 247 g/mol. The Morgan fingerprint density at radius 1 is 1.29 bits per heavy atom. The Hall–Kier alpha value is -1.42. The van der Waals surface area contributed by atoms with Crippen LogP contribution in [0.25, 0.3) is 0 Å². The zero-order chi connectivity index (χ0) is 12.4. The third kappa shape index (κ3) is 2.64. The van der Waals surface area contributed by atoms with E-state index in [-0.39, 0.29) is 0 Å². The summed E-state index contributed by atoms with van der Waals surface area (Å²) < 4.78 is 2.68. The van der Waals surface area contributed by atoms with Crippen LogP contribution in [0.5, 0.6) is 0 Å². The average Bonchev–Trinajstić information content (AvgIpc) is 2.61. The molecule has 4 heteroatoms. The van der Waals surface area contributed by atoms with Crippen molar-refractivity contribution in [2.24, 2.45) is 0 Å². The second-order valence-corrected chi connectivity index (χ2v) is 4.95. The minimum Gasteiger partial charge on any atom is -0.300 e. The van der Waals surface area contributed by atoms with Gasteiger partial charge in [0.1, 0.15) is 5.82 Å². The van der Waals surface area contributed by atoms with E-state index < -0.39 is 0 Å². The van der Waals surface area contributed by atoms with Crippen LogP contribution in [0.4, 0.5) is 0 Å². The molecule has 1 N–H and O–H groups in total. The van der Waals surface area contributed by atoms with Gasteiger partial charge in [0, 0.05) is 0 Å². The normalized spacial score (nSPS) is 11.1. The van der Waals surface area contributed by atoms with Gasteiger partial charge in [-0.3, -0.25) is 9.67 Å². The minimum atomic E-state index is 0.571. The lowest BCUT2D eigenvalue weighted by Gasteiger charge is -2.08. The van der Waals surface area contributed by atoms with Crippen LogP contribution >= 0.6 is 12.2 Å². The predicted molar refractivity (Wildman–Crippen MR) is 71.8 cm³/mol. The first-order valence-corrected chi connectivity index (χ1v) is 6.19.